The first-order chi connectivity index (χ1) is 7.59. The van der Waals surface area contributed by atoms with E-state index in [2.05, 4.69) is 15.4 Å². The predicted octanol–water partition coefficient (Wildman–Crippen LogP) is 0.656. The van der Waals surface area contributed by atoms with Gasteiger partial charge in [0.15, 0.2) is 0 Å². The topological polar surface area (TPSA) is 73.7 Å². The molecule has 86 valence electrons. The minimum atomic E-state index is 0.632. The zero-order valence-corrected chi connectivity index (χ0v) is 9.73. The Morgan fingerprint density at radius 2 is 2.19 bits per heavy atom. The fraction of sp³-hybridized carbons (Fsp3) is 0.400. The molecule has 0 atom stereocenters. The molecule has 0 aromatic carbocycles. The first-order valence-electron chi connectivity index (χ1n) is 5.08. The van der Waals surface area contributed by atoms with E-state index >= 15 is 0 Å². The van der Waals surface area contributed by atoms with Crippen LogP contribution in [0.4, 0.5) is 11.5 Å². The van der Waals surface area contributed by atoms with Crippen molar-refractivity contribution in [2.24, 2.45) is 14.1 Å². The van der Waals surface area contributed by atoms with Gasteiger partial charge in [-0.15, -0.1) is 0 Å². The van der Waals surface area contributed by atoms with Gasteiger partial charge in [0.2, 0.25) is 0 Å². The summed E-state index contributed by atoms with van der Waals surface area (Å²) >= 11 is 0. The van der Waals surface area contributed by atoms with Crippen LogP contribution in [0.5, 0.6) is 0 Å². The summed E-state index contributed by atoms with van der Waals surface area (Å²) in [4.78, 5) is 4.23. The van der Waals surface area contributed by atoms with Crippen LogP contribution in [0, 0.1) is 6.92 Å². The van der Waals surface area contributed by atoms with Crippen molar-refractivity contribution in [2.75, 3.05) is 11.1 Å². The number of nitrogen functional groups attached to an aromatic ring is 1. The molecular weight excluding hydrogens is 204 g/mol. The van der Waals surface area contributed by atoms with Crippen LogP contribution >= 0.6 is 0 Å². The van der Waals surface area contributed by atoms with Crippen molar-refractivity contribution in [1.82, 2.24) is 19.3 Å². The van der Waals surface area contributed by atoms with E-state index in [1.165, 1.54) is 0 Å². The monoisotopic (exact) mass is 220 g/mol. The molecule has 6 heteroatoms. The van der Waals surface area contributed by atoms with E-state index < -0.39 is 0 Å². The third-order valence-electron chi connectivity index (χ3n) is 2.60. The van der Waals surface area contributed by atoms with Crippen molar-refractivity contribution >= 4 is 11.5 Å². The average Bonchev–Trinajstić information content (AvgIpc) is 2.72. The van der Waals surface area contributed by atoms with Gasteiger partial charge in [0.1, 0.15) is 11.6 Å². The lowest BCUT2D eigenvalue weighted by molar-refractivity contribution is 0.748. The van der Waals surface area contributed by atoms with Crippen molar-refractivity contribution in [1.29, 1.82) is 0 Å². The largest absolute Gasteiger partial charge is 0.394 e. The maximum absolute atomic E-state index is 5.91. The Balaban J connectivity index is 2.13. The number of nitrogens with zero attached hydrogens (tertiary/aromatic N) is 4. The Bertz CT molecular complexity index is 495. The molecule has 0 amide bonds. The van der Waals surface area contributed by atoms with E-state index in [0.29, 0.717) is 12.2 Å². The fourth-order valence-electron chi connectivity index (χ4n) is 1.61. The molecule has 2 rings (SSSR count). The maximum Gasteiger partial charge on any atom is 0.148 e. The number of anilines is 2. The van der Waals surface area contributed by atoms with Crippen LogP contribution in [0.1, 0.15) is 11.5 Å². The normalized spacial score (nSPS) is 10.7. The molecule has 0 unspecified atom stereocenters. The third kappa shape index (κ3) is 1.73. The van der Waals surface area contributed by atoms with E-state index in [1.54, 1.807) is 10.9 Å². The van der Waals surface area contributed by atoms with Gasteiger partial charge in [-0.2, -0.15) is 5.10 Å². The Hall–Kier alpha value is -1.98. The van der Waals surface area contributed by atoms with Crippen LogP contribution in [-0.2, 0) is 20.6 Å². The summed E-state index contributed by atoms with van der Waals surface area (Å²) in [5, 5.41) is 7.47. The Labute approximate surface area is 94.1 Å². The molecule has 0 fully saturated rings. The van der Waals surface area contributed by atoms with Crippen molar-refractivity contribution < 1.29 is 0 Å². The van der Waals surface area contributed by atoms with Crippen LogP contribution in [-0.4, -0.2) is 19.3 Å². The predicted molar refractivity (Wildman–Crippen MR) is 62.9 cm³/mol. The fourth-order valence-corrected chi connectivity index (χ4v) is 1.61. The molecule has 0 saturated heterocycles. The standard InChI is InChI=1S/C10H16N6/c1-7-9(11)10(16(3)14-7)13-6-8-12-4-5-15(8)2/h4-5,13H,6,11H2,1-3H3. The highest BCUT2D eigenvalue weighted by molar-refractivity contribution is 5.64. The van der Waals surface area contributed by atoms with Gasteiger partial charge in [0, 0.05) is 26.5 Å². The van der Waals surface area contributed by atoms with E-state index in [9.17, 15) is 0 Å². The molecule has 0 aliphatic heterocycles. The summed E-state index contributed by atoms with van der Waals surface area (Å²) in [5.41, 5.74) is 7.44. The molecule has 2 aromatic heterocycles. The number of aryl methyl sites for hydroxylation is 3. The molecule has 0 radical (unpaired) electrons. The molecular formula is C10H16N6. The van der Waals surface area contributed by atoms with Gasteiger partial charge in [-0.25, -0.2) is 4.98 Å². The number of hydrogen-bond donors (Lipinski definition) is 2. The van der Waals surface area contributed by atoms with E-state index in [4.69, 9.17) is 5.73 Å². The summed E-state index contributed by atoms with van der Waals surface area (Å²) in [6.45, 7) is 2.52. The molecule has 0 aliphatic rings. The number of nitrogens with one attached hydrogen (secondary N) is 1. The molecule has 2 aromatic rings. The van der Waals surface area contributed by atoms with E-state index in [0.717, 1.165) is 17.3 Å². The van der Waals surface area contributed by atoms with Gasteiger partial charge in [-0.3, -0.25) is 4.68 Å². The lowest BCUT2D eigenvalue weighted by atomic mass is 10.4. The SMILES string of the molecule is Cc1nn(C)c(NCc2nccn2C)c1N. The zero-order chi connectivity index (χ0) is 11.7. The first-order valence-corrected chi connectivity index (χ1v) is 5.08. The highest BCUT2D eigenvalue weighted by Gasteiger charge is 2.09. The minimum Gasteiger partial charge on any atom is -0.394 e. The zero-order valence-electron chi connectivity index (χ0n) is 9.73. The summed E-state index contributed by atoms with van der Waals surface area (Å²) in [6.07, 6.45) is 3.68. The Kier molecular flexibility index (Phi) is 2.55. The molecule has 0 saturated carbocycles. The molecule has 3 N–H and O–H groups in total. The molecule has 0 spiro atoms. The number of imidazole rings is 1. The number of nitrogens with two attached hydrogens (primary N) is 1. The quantitative estimate of drug-likeness (QED) is 0.796. The maximum atomic E-state index is 5.91. The minimum absolute atomic E-state index is 0.632. The summed E-state index contributed by atoms with van der Waals surface area (Å²) < 4.78 is 3.71. The Morgan fingerprint density at radius 1 is 1.44 bits per heavy atom. The molecule has 0 bridgehead atoms. The highest BCUT2D eigenvalue weighted by Crippen LogP contribution is 2.21. The summed E-state index contributed by atoms with van der Waals surface area (Å²) in [6, 6.07) is 0. The van der Waals surface area contributed by atoms with Gasteiger partial charge in [-0.1, -0.05) is 0 Å². The van der Waals surface area contributed by atoms with Crippen LogP contribution < -0.4 is 11.1 Å². The van der Waals surface area contributed by atoms with Gasteiger partial charge >= 0.3 is 0 Å². The van der Waals surface area contributed by atoms with Crippen LogP contribution in [0.15, 0.2) is 12.4 Å². The highest BCUT2D eigenvalue weighted by atomic mass is 15.3. The third-order valence-corrected chi connectivity index (χ3v) is 2.60. The van der Waals surface area contributed by atoms with Gasteiger partial charge in [-0.05, 0) is 6.92 Å². The molecule has 2 heterocycles. The van der Waals surface area contributed by atoms with Crippen molar-refractivity contribution in [3.05, 3.63) is 23.9 Å². The van der Waals surface area contributed by atoms with Crippen molar-refractivity contribution in [3.8, 4) is 0 Å². The van der Waals surface area contributed by atoms with Crippen LogP contribution in [0.25, 0.3) is 0 Å². The average molecular weight is 220 g/mol. The first kappa shape index (κ1) is 10.5. The second-order valence-corrected chi connectivity index (χ2v) is 3.78. The van der Waals surface area contributed by atoms with Gasteiger partial charge < -0.3 is 15.6 Å². The summed E-state index contributed by atoms with van der Waals surface area (Å²) in [5.74, 6) is 1.79. The van der Waals surface area contributed by atoms with Crippen molar-refractivity contribution in [2.45, 2.75) is 13.5 Å². The smallest absolute Gasteiger partial charge is 0.148 e. The van der Waals surface area contributed by atoms with Crippen molar-refractivity contribution in [3.63, 3.8) is 0 Å². The second kappa shape index (κ2) is 3.88. The Morgan fingerprint density at radius 3 is 2.69 bits per heavy atom. The lowest BCUT2D eigenvalue weighted by Crippen LogP contribution is -2.09. The summed E-state index contributed by atoms with van der Waals surface area (Å²) in [7, 11) is 3.83. The van der Waals surface area contributed by atoms with Gasteiger partial charge in [0.05, 0.1) is 17.9 Å². The number of rotatable bonds is 3. The van der Waals surface area contributed by atoms with E-state index in [-0.39, 0.29) is 0 Å². The molecule has 0 aliphatic carbocycles. The van der Waals surface area contributed by atoms with Crippen LogP contribution in [0.3, 0.4) is 0 Å². The van der Waals surface area contributed by atoms with E-state index in [1.807, 2.05) is 31.8 Å². The van der Waals surface area contributed by atoms with Gasteiger partial charge in [0.25, 0.3) is 0 Å². The second-order valence-electron chi connectivity index (χ2n) is 3.78. The van der Waals surface area contributed by atoms with Crippen LogP contribution in [0.2, 0.25) is 0 Å². The molecule has 6 nitrogen and oxygen atoms in total. The number of aromatic nitrogens is 4. The number of hydrogen-bond acceptors (Lipinski definition) is 4. The molecule has 16 heavy (non-hydrogen) atoms. The lowest BCUT2D eigenvalue weighted by Gasteiger charge is -2.07.